The molecular weight excluding hydrogens is 442 g/mol. The van der Waals surface area contributed by atoms with Crippen LogP contribution in [0.3, 0.4) is 0 Å². The minimum Gasteiger partial charge on any atom is -0.493 e. The fraction of sp³-hybridized carbons (Fsp3) is 0.190. The number of nitrogens with one attached hydrogen (secondary N) is 2. The lowest BCUT2D eigenvalue weighted by atomic mass is 10.1. The molecule has 2 aromatic carbocycles. The lowest BCUT2D eigenvalue weighted by molar-refractivity contribution is 0.101. The van der Waals surface area contributed by atoms with E-state index in [0.717, 1.165) is 11.3 Å². The SMILES string of the molecule is COc1cc(C(=O)Nc2nc(C)c(C(=O)Nc3cccc(Cl)c3)s2)cc(OC)c1OC. The van der Waals surface area contributed by atoms with E-state index in [9.17, 15) is 9.59 Å². The first-order valence-electron chi connectivity index (χ1n) is 9.02. The molecule has 8 nitrogen and oxygen atoms in total. The quantitative estimate of drug-likeness (QED) is 0.532. The summed E-state index contributed by atoms with van der Waals surface area (Å²) in [5.74, 6) is 0.305. The number of carbonyl (C=O) groups is 2. The van der Waals surface area contributed by atoms with E-state index in [4.69, 9.17) is 25.8 Å². The van der Waals surface area contributed by atoms with Gasteiger partial charge in [-0.15, -0.1) is 0 Å². The Morgan fingerprint density at radius 2 is 1.65 bits per heavy atom. The molecule has 3 rings (SSSR count). The van der Waals surface area contributed by atoms with Gasteiger partial charge in [-0.05, 0) is 37.3 Å². The average Bonchev–Trinajstić information content (AvgIpc) is 3.12. The highest BCUT2D eigenvalue weighted by Gasteiger charge is 2.20. The molecule has 2 amide bonds. The van der Waals surface area contributed by atoms with E-state index >= 15 is 0 Å². The zero-order valence-electron chi connectivity index (χ0n) is 17.2. The lowest BCUT2D eigenvalue weighted by Gasteiger charge is -2.13. The highest BCUT2D eigenvalue weighted by Crippen LogP contribution is 2.38. The molecule has 0 spiro atoms. The van der Waals surface area contributed by atoms with Crippen molar-refractivity contribution in [3.63, 3.8) is 0 Å². The second-order valence-corrected chi connectivity index (χ2v) is 7.70. The first-order chi connectivity index (χ1) is 14.9. The number of amides is 2. The Morgan fingerprint density at radius 3 is 2.23 bits per heavy atom. The van der Waals surface area contributed by atoms with E-state index in [1.165, 1.54) is 33.5 Å². The number of hydrogen-bond acceptors (Lipinski definition) is 7. The van der Waals surface area contributed by atoms with Crippen LogP contribution in [0.5, 0.6) is 17.2 Å². The molecule has 0 aliphatic carbocycles. The third-order valence-corrected chi connectivity index (χ3v) is 5.54. The van der Waals surface area contributed by atoms with Crippen LogP contribution in [0.25, 0.3) is 0 Å². The van der Waals surface area contributed by atoms with Gasteiger partial charge in [0.1, 0.15) is 4.88 Å². The standard InChI is InChI=1S/C21H20ClN3O5S/c1-11-18(20(27)24-14-7-5-6-13(22)10-14)31-21(23-11)25-19(26)12-8-15(28-2)17(30-4)16(9-12)29-3/h5-10H,1-4H3,(H,24,27)(H,23,25,26). The Labute approximate surface area is 188 Å². The Morgan fingerprint density at radius 1 is 0.968 bits per heavy atom. The Bertz CT molecular complexity index is 1110. The maximum absolute atomic E-state index is 12.8. The van der Waals surface area contributed by atoms with Crippen LogP contribution in [0.15, 0.2) is 36.4 Å². The van der Waals surface area contributed by atoms with E-state index in [-0.39, 0.29) is 16.6 Å². The summed E-state index contributed by atoms with van der Waals surface area (Å²) in [5, 5.41) is 6.27. The molecular formula is C21H20ClN3O5S. The molecule has 3 aromatic rings. The summed E-state index contributed by atoms with van der Waals surface area (Å²) in [6, 6.07) is 9.89. The summed E-state index contributed by atoms with van der Waals surface area (Å²) < 4.78 is 15.8. The van der Waals surface area contributed by atoms with Gasteiger partial charge in [-0.25, -0.2) is 4.98 Å². The fourth-order valence-corrected chi connectivity index (χ4v) is 3.84. The molecule has 0 bridgehead atoms. The zero-order chi connectivity index (χ0) is 22.5. The molecule has 1 aromatic heterocycles. The number of benzene rings is 2. The predicted octanol–water partition coefficient (Wildman–Crippen LogP) is 4.64. The van der Waals surface area contributed by atoms with Gasteiger partial charge >= 0.3 is 0 Å². The van der Waals surface area contributed by atoms with Crippen LogP contribution in [0.1, 0.15) is 25.7 Å². The normalized spacial score (nSPS) is 10.4. The van der Waals surface area contributed by atoms with Crippen molar-refractivity contribution in [3.8, 4) is 17.2 Å². The molecule has 2 N–H and O–H groups in total. The number of ether oxygens (including phenoxy) is 3. The first-order valence-corrected chi connectivity index (χ1v) is 10.2. The molecule has 0 aliphatic rings. The summed E-state index contributed by atoms with van der Waals surface area (Å²) in [5.41, 5.74) is 1.34. The molecule has 10 heteroatoms. The summed E-state index contributed by atoms with van der Waals surface area (Å²) in [6.07, 6.45) is 0. The second-order valence-electron chi connectivity index (χ2n) is 6.27. The number of aryl methyl sites for hydroxylation is 1. The van der Waals surface area contributed by atoms with E-state index in [1.54, 1.807) is 31.2 Å². The highest BCUT2D eigenvalue weighted by atomic mass is 35.5. The number of rotatable bonds is 7. The van der Waals surface area contributed by atoms with Crippen LogP contribution in [-0.4, -0.2) is 38.1 Å². The number of carbonyl (C=O) groups excluding carboxylic acids is 2. The van der Waals surface area contributed by atoms with Crippen molar-refractivity contribution in [2.75, 3.05) is 32.0 Å². The van der Waals surface area contributed by atoms with Crippen LogP contribution in [-0.2, 0) is 0 Å². The first kappa shape index (κ1) is 22.4. The minimum atomic E-state index is -0.435. The lowest BCUT2D eigenvalue weighted by Crippen LogP contribution is -2.12. The number of thiazole rings is 1. The predicted molar refractivity (Wildman–Crippen MR) is 120 cm³/mol. The van der Waals surface area contributed by atoms with Crippen molar-refractivity contribution >= 4 is 45.6 Å². The van der Waals surface area contributed by atoms with Crippen molar-refractivity contribution < 1.29 is 23.8 Å². The maximum atomic E-state index is 12.8. The van der Waals surface area contributed by atoms with Crippen molar-refractivity contribution in [3.05, 3.63) is 57.6 Å². The van der Waals surface area contributed by atoms with E-state index < -0.39 is 5.91 Å². The van der Waals surface area contributed by atoms with Crippen LogP contribution < -0.4 is 24.8 Å². The van der Waals surface area contributed by atoms with Crippen molar-refractivity contribution in [1.82, 2.24) is 4.98 Å². The Balaban J connectivity index is 1.79. The van der Waals surface area contributed by atoms with E-state index in [1.807, 2.05) is 0 Å². The third kappa shape index (κ3) is 5.07. The molecule has 162 valence electrons. The fourth-order valence-electron chi connectivity index (χ4n) is 2.80. The molecule has 0 aliphatic heterocycles. The summed E-state index contributed by atoms with van der Waals surface area (Å²) in [4.78, 5) is 30.0. The topological polar surface area (TPSA) is 98.8 Å². The zero-order valence-corrected chi connectivity index (χ0v) is 18.8. The molecule has 0 unspecified atom stereocenters. The average molecular weight is 462 g/mol. The number of aromatic nitrogens is 1. The van der Waals surface area contributed by atoms with Gasteiger partial charge in [0.25, 0.3) is 11.8 Å². The van der Waals surface area contributed by atoms with Gasteiger partial charge in [-0.3, -0.25) is 14.9 Å². The Kier molecular flexibility index (Phi) is 6.98. The van der Waals surface area contributed by atoms with Crippen LogP contribution in [0.2, 0.25) is 5.02 Å². The largest absolute Gasteiger partial charge is 0.493 e. The molecule has 0 saturated carbocycles. The number of methoxy groups -OCH3 is 3. The van der Waals surface area contributed by atoms with Crippen molar-refractivity contribution in [1.29, 1.82) is 0 Å². The molecule has 1 heterocycles. The molecule has 0 atom stereocenters. The van der Waals surface area contributed by atoms with Gasteiger partial charge in [-0.2, -0.15) is 0 Å². The molecule has 0 radical (unpaired) electrons. The Hall–Kier alpha value is -3.30. The second kappa shape index (κ2) is 9.67. The summed E-state index contributed by atoms with van der Waals surface area (Å²) in [6.45, 7) is 1.69. The van der Waals surface area contributed by atoms with Gasteiger partial charge in [-0.1, -0.05) is 29.0 Å². The summed E-state index contributed by atoms with van der Waals surface area (Å²) in [7, 11) is 4.41. The third-order valence-electron chi connectivity index (χ3n) is 4.23. The van der Waals surface area contributed by atoms with Gasteiger partial charge in [0.2, 0.25) is 5.75 Å². The monoisotopic (exact) mass is 461 g/mol. The smallest absolute Gasteiger partial charge is 0.267 e. The molecule has 0 fully saturated rings. The molecule has 31 heavy (non-hydrogen) atoms. The van der Waals surface area contributed by atoms with E-state index in [2.05, 4.69) is 15.6 Å². The van der Waals surface area contributed by atoms with Crippen LogP contribution in [0, 0.1) is 6.92 Å². The minimum absolute atomic E-state index is 0.285. The maximum Gasteiger partial charge on any atom is 0.267 e. The van der Waals surface area contributed by atoms with Crippen molar-refractivity contribution in [2.45, 2.75) is 6.92 Å². The summed E-state index contributed by atoms with van der Waals surface area (Å²) >= 11 is 7.02. The van der Waals surface area contributed by atoms with Gasteiger partial charge in [0.15, 0.2) is 16.6 Å². The van der Waals surface area contributed by atoms with Gasteiger partial charge < -0.3 is 19.5 Å². The van der Waals surface area contributed by atoms with E-state index in [0.29, 0.717) is 38.5 Å². The highest BCUT2D eigenvalue weighted by molar-refractivity contribution is 7.17. The molecule has 0 saturated heterocycles. The van der Waals surface area contributed by atoms with Gasteiger partial charge in [0, 0.05) is 16.3 Å². The number of anilines is 2. The van der Waals surface area contributed by atoms with Crippen molar-refractivity contribution in [2.24, 2.45) is 0 Å². The number of halogens is 1. The van der Waals surface area contributed by atoms with Crippen LogP contribution in [0.4, 0.5) is 10.8 Å². The number of nitrogens with zero attached hydrogens (tertiary/aromatic N) is 1. The van der Waals surface area contributed by atoms with Gasteiger partial charge in [0.05, 0.1) is 27.0 Å². The van der Waals surface area contributed by atoms with Crippen LogP contribution >= 0.6 is 22.9 Å². The number of hydrogen-bond donors (Lipinski definition) is 2.